The van der Waals surface area contributed by atoms with Crippen molar-refractivity contribution in [3.05, 3.63) is 35.9 Å². The van der Waals surface area contributed by atoms with Gasteiger partial charge in [-0.25, -0.2) is 0 Å². The average molecular weight is 261 g/mol. The van der Waals surface area contributed by atoms with Crippen molar-refractivity contribution in [1.29, 1.82) is 0 Å². The first-order valence-corrected chi connectivity index (χ1v) is 7.30. The van der Waals surface area contributed by atoms with E-state index in [4.69, 9.17) is 5.73 Å². The van der Waals surface area contributed by atoms with Gasteiger partial charge in [0.25, 0.3) is 0 Å². The third kappa shape index (κ3) is 3.56. The fourth-order valence-electron chi connectivity index (χ4n) is 3.04. The van der Waals surface area contributed by atoms with Crippen LogP contribution in [0.2, 0.25) is 0 Å². The Morgan fingerprint density at radius 3 is 2.63 bits per heavy atom. The van der Waals surface area contributed by atoms with Crippen LogP contribution in [0, 0.1) is 0 Å². The van der Waals surface area contributed by atoms with Crippen molar-refractivity contribution in [2.24, 2.45) is 5.73 Å². The summed E-state index contributed by atoms with van der Waals surface area (Å²) in [7, 11) is 4.32. The molecule has 1 aromatic carbocycles. The van der Waals surface area contributed by atoms with Crippen LogP contribution in [0.15, 0.2) is 30.3 Å². The summed E-state index contributed by atoms with van der Waals surface area (Å²) >= 11 is 0. The maximum Gasteiger partial charge on any atom is 0.0453 e. The minimum atomic E-state index is 0.176. The molecule has 3 nitrogen and oxygen atoms in total. The summed E-state index contributed by atoms with van der Waals surface area (Å²) in [4.78, 5) is 4.89. The van der Waals surface area contributed by atoms with E-state index in [2.05, 4.69) is 54.2 Å². The number of rotatable bonds is 5. The summed E-state index contributed by atoms with van der Waals surface area (Å²) in [5.74, 6) is 0. The zero-order valence-electron chi connectivity index (χ0n) is 12.3. The van der Waals surface area contributed by atoms with Gasteiger partial charge in [-0.1, -0.05) is 30.3 Å². The van der Waals surface area contributed by atoms with Crippen LogP contribution in [0.1, 0.15) is 18.4 Å². The van der Waals surface area contributed by atoms with Crippen LogP contribution in [0.4, 0.5) is 0 Å². The monoisotopic (exact) mass is 261 g/mol. The van der Waals surface area contributed by atoms with Gasteiger partial charge < -0.3 is 15.5 Å². The number of piperidine rings is 1. The first kappa shape index (κ1) is 14.5. The van der Waals surface area contributed by atoms with E-state index < -0.39 is 0 Å². The van der Waals surface area contributed by atoms with Gasteiger partial charge in [0.2, 0.25) is 0 Å². The molecule has 1 aliphatic heterocycles. The molecule has 2 rings (SSSR count). The Morgan fingerprint density at radius 2 is 2.00 bits per heavy atom. The van der Waals surface area contributed by atoms with E-state index in [1.807, 2.05) is 0 Å². The summed E-state index contributed by atoms with van der Waals surface area (Å²) < 4.78 is 0. The molecule has 1 aliphatic rings. The molecule has 1 heterocycles. The topological polar surface area (TPSA) is 32.5 Å². The lowest BCUT2D eigenvalue weighted by Crippen LogP contribution is -2.60. The zero-order chi connectivity index (χ0) is 13.7. The number of nitrogens with two attached hydrogens (primary N) is 1. The van der Waals surface area contributed by atoms with Gasteiger partial charge in [0.15, 0.2) is 0 Å². The Hall–Kier alpha value is -0.900. The van der Waals surface area contributed by atoms with Gasteiger partial charge >= 0.3 is 0 Å². The lowest BCUT2D eigenvalue weighted by Gasteiger charge is -2.46. The number of nitrogens with zero attached hydrogens (tertiary/aromatic N) is 2. The van der Waals surface area contributed by atoms with Crippen molar-refractivity contribution in [3.8, 4) is 0 Å². The smallest absolute Gasteiger partial charge is 0.0453 e. The molecule has 0 aromatic heterocycles. The van der Waals surface area contributed by atoms with E-state index >= 15 is 0 Å². The second-order valence-corrected chi connectivity index (χ2v) is 5.94. The highest BCUT2D eigenvalue weighted by molar-refractivity contribution is 5.15. The second-order valence-electron chi connectivity index (χ2n) is 5.94. The van der Waals surface area contributed by atoms with Gasteiger partial charge in [-0.2, -0.15) is 0 Å². The maximum atomic E-state index is 6.04. The van der Waals surface area contributed by atoms with Crippen molar-refractivity contribution in [2.75, 3.05) is 40.3 Å². The zero-order valence-corrected chi connectivity index (χ0v) is 12.3. The molecule has 2 N–H and O–H groups in total. The minimum absolute atomic E-state index is 0.176. The van der Waals surface area contributed by atoms with E-state index in [-0.39, 0.29) is 5.54 Å². The summed E-state index contributed by atoms with van der Waals surface area (Å²) in [5, 5.41) is 0. The van der Waals surface area contributed by atoms with Gasteiger partial charge in [-0.05, 0) is 45.5 Å². The van der Waals surface area contributed by atoms with Crippen molar-refractivity contribution >= 4 is 0 Å². The summed E-state index contributed by atoms with van der Waals surface area (Å²) in [5.41, 5.74) is 7.64. The molecule has 0 radical (unpaired) electrons. The molecule has 0 amide bonds. The van der Waals surface area contributed by atoms with E-state index in [0.29, 0.717) is 0 Å². The summed E-state index contributed by atoms with van der Waals surface area (Å²) in [6.07, 6.45) is 3.61. The van der Waals surface area contributed by atoms with E-state index in [0.717, 1.165) is 26.1 Å². The molecule has 0 bridgehead atoms. The van der Waals surface area contributed by atoms with Crippen molar-refractivity contribution in [1.82, 2.24) is 9.80 Å². The molecule has 1 aromatic rings. The predicted molar refractivity (Wildman–Crippen MR) is 81.3 cm³/mol. The number of hydrogen-bond acceptors (Lipinski definition) is 3. The summed E-state index contributed by atoms with van der Waals surface area (Å²) in [6.45, 7) is 4.20. The van der Waals surface area contributed by atoms with Crippen LogP contribution in [0.5, 0.6) is 0 Å². The van der Waals surface area contributed by atoms with Gasteiger partial charge in [-0.3, -0.25) is 0 Å². The normalized spacial score (nSPS) is 24.8. The Morgan fingerprint density at radius 1 is 1.26 bits per heavy atom. The quantitative estimate of drug-likeness (QED) is 0.873. The van der Waals surface area contributed by atoms with E-state index in [9.17, 15) is 0 Å². The van der Waals surface area contributed by atoms with Crippen LogP contribution in [-0.4, -0.2) is 55.6 Å². The number of likely N-dealkylation sites (tertiary alicyclic amines) is 1. The molecule has 3 heteroatoms. The second kappa shape index (κ2) is 6.51. The average Bonchev–Trinajstić information content (AvgIpc) is 2.46. The molecular weight excluding hydrogens is 234 g/mol. The third-order valence-corrected chi connectivity index (χ3v) is 4.52. The minimum Gasteiger partial charge on any atom is -0.329 e. The standard InChI is InChI=1S/C16H27N3/c1-18(2)16(13-17)10-6-11-19(14-16)12-9-15-7-4-3-5-8-15/h3-5,7-8H,6,9-14,17H2,1-2H3. The lowest BCUT2D eigenvalue weighted by molar-refractivity contribution is 0.0511. The molecular formula is C16H27N3. The van der Waals surface area contributed by atoms with Crippen molar-refractivity contribution in [2.45, 2.75) is 24.8 Å². The Bertz CT molecular complexity index is 377. The van der Waals surface area contributed by atoms with Crippen LogP contribution in [0.25, 0.3) is 0 Å². The van der Waals surface area contributed by atoms with Gasteiger partial charge in [0.05, 0.1) is 0 Å². The van der Waals surface area contributed by atoms with Crippen molar-refractivity contribution in [3.63, 3.8) is 0 Å². The van der Waals surface area contributed by atoms with Gasteiger partial charge in [0, 0.05) is 25.2 Å². The molecule has 1 atom stereocenters. The highest BCUT2D eigenvalue weighted by Gasteiger charge is 2.35. The molecule has 106 valence electrons. The Balaban J connectivity index is 1.91. The van der Waals surface area contributed by atoms with Gasteiger partial charge in [0.1, 0.15) is 0 Å². The Kier molecular flexibility index (Phi) is 4.97. The predicted octanol–water partition coefficient (Wildman–Crippen LogP) is 1.58. The number of hydrogen-bond donors (Lipinski definition) is 1. The number of benzene rings is 1. The molecule has 0 spiro atoms. The highest BCUT2D eigenvalue weighted by Crippen LogP contribution is 2.24. The fourth-order valence-corrected chi connectivity index (χ4v) is 3.04. The first-order valence-electron chi connectivity index (χ1n) is 7.30. The third-order valence-electron chi connectivity index (χ3n) is 4.52. The van der Waals surface area contributed by atoms with E-state index in [1.165, 1.54) is 24.9 Å². The van der Waals surface area contributed by atoms with E-state index in [1.54, 1.807) is 0 Å². The van der Waals surface area contributed by atoms with Crippen LogP contribution in [-0.2, 0) is 6.42 Å². The van der Waals surface area contributed by atoms with Gasteiger partial charge in [-0.15, -0.1) is 0 Å². The molecule has 1 fully saturated rings. The molecule has 0 saturated carbocycles. The largest absolute Gasteiger partial charge is 0.329 e. The molecule has 1 saturated heterocycles. The van der Waals surface area contributed by atoms with Crippen LogP contribution in [0.3, 0.4) is 0 Å². The number of likely N-dealkylation sites (N-methyl/N-ethyl adjacent to an activating group) is 1. The SMILES string of the molecule is CN(C)C1(CN)CCCN(CCc2ccccc2)C1. The fraction of sp³-hybridized carbons (Fsp3) is 0.625. The highest BCUT2D eigenvalue weighted by atomic mass is 15.2. The van der Waals surface area contributed by atoms with Crippen molar-refractivity contribution < 1.29 is 0 Å². The maximum absolute atomic E-state index is 6.04. The Labute approximate surface area is 117 Å². The summed E-state index contributed by atoms with van der Waals surface area (Å²) in [6, 6.07) is 10.7. The van der Waals surface area contributed by atoms with Crippen LogP contribution < -0.4 is 5.73 Å². The van der Waals surface area contributed by atoms with Crippen LogP contribution >= 0.6 is 0 Å². The molecule has 19 heavy (non-hydrogen) atoms. The lowest BCUT2D eigenvalue weighted by atomic mass is 9.87. The first-order chi connectivity index (χ1) is 9.16. The molecule has 0 aliphatic carbocycles. The molecule has 1 unspecified atom stereocenters.